The molecular formula is C15H30Cl2N4O2. The van der Waals surface area contributed by atoms with Crippen molar-refractivity contribution < 1.29 is 9.59 Å². The maximum Gasteiger partial charge on any atom is 0.236 e. The highest BCUT2D eigenvalue weighted by atomic mass is 35.5. The maximum absolute atomic E-state index is 12.2. The first-order chi connectivity index (χ1) is 10.2. The monoisotopic (exact) mass is 368 g/mol. The normalized spacial score (nSPS) is 18.8. The Morgan fingerprint density at radius 1 is 0.826 bits per heavy atom. The summed E-state index contributed by atoms with van der Waals surface area (Å²) in [6, 6.07) is 0. The van der Waals surface area contributed by atoms with Crippen LogP contribution in [0.25, 0.3) is 0 Å². The molecule has 0 aromatic heterocycles. The van der Waals surface area contributed by atoms with Gasteiger partial charge in [0.05, 0.1) is 6.54 Å². The number of carbonyl (C=O) groups is 2. The van der Waals surface area contributed by atoms with Crippen molar-refractivity contribution in [3.63, 3.8) is 0 Å². The van der Waals surface area contributed by atoms with E-state index in [2.05, 4.69) is 10.2 Å². The van der Waals surface area contributed by atoms with E-state index < -0.39 is 0 Å². The molecule has 0 radical (unpaired) electrons. The third kappa shape index (κ3) is 7.25. The van der Waals surface area contributed by atoms with Gasteiger partial charge < -0.3 is 15.1 Å². The fraction of sp³-hybridized carbons (Fsp3) is 0.867. The van der Waals surface area contributed by atoms with Crippen LogP contribution in [0.1, 0.15) is 25.7 Å². The minimum Gasteiger partial charge on any atom is -0.342 e. The van der Waals surface area contributed by atoms with Crippen molar-refractivity contribution >= 4 is 36.6 Å². The van der Waals surface area contributed by atoms with Crippen LogP contribution >= 0.6 is 24.8 Å². The zero-order valence-electron chi connectivity index (χ0n) is 14.0. The molecule has 2 aliphatic heterocycles. The SMILES string of the molecule is CNCCC(=O)N1CCN(CC(=O)N2CCCCC2)CC1.Cl.Cl. The standard InChI is InChI=1S/C15H28N4O2.2ClH/c1-16-6-5-14(20)19-11-9-17(10-12-19)13-15(21)18-7-3-2-4-8-18;;/h16H,2-13H2,1H3;2*1H. The number of nitrogens with zero attached hydrogens (tertiary/aromatic N) is 3. The topological polar surface area (TPSA) is 55.9 Å². The Morgan fingerprint density at radius 2 is 1.39 bits per heavy atom. The van der Waals surface area contributed by atoms with Crippen molar-refractivity contribution in [1.29, 1.82) is 0 Å². The average molecular weight is 369 g/mol. The molecule has 2 aliphatic rings. The highest BCUT2D eigenvalue weighted by Crippen LogP contribution is 2.10. The zero-order chi connectivity index (χ0) is 15.1. The highest BCUT2D eigenvalue weighted by Gasteiger charge is 2.24. The van der Waals surface area contributed by atoms with Crippen LogP contribution in [0.15, 0.2) is 0 Å². The number of nitrogens with one attached hydrogen (secondary N) is 1. The van der Waals surface area contributed by atoms with Gasteiger partial charge in [0.15, 0.2) is 0 Å². The second kappa shape index (κ2) is 11.9. The van der Waals surface area contributed by atoms with E-state index in [0.717, 1.165) is 58.7 Å². The first kappa shape index (κ1) is 22.4. The summed E-state index contributed by atoms with van der Waals surface area (Å²) >= 11 is 0. The summed E-state index contributed by atoms with van der Waals surface area (Å²) in [6.45, 7) is 6.19. The van der Waals surface area contributed by atoms with E-state index in [1.54, 1.807) is 0 Å². The number of carbonyl (C=O) groups excluding carboxylic acids is 2. The first-order valence-corrected chi connectivity index (χ1v) is 8.13. The van der Waals surface area contributed by atoms with E-state index >= 15 is 0 Å². The lowest BCUT2D eigenvalue weighted by Crippen LogP contribution is -2.52. The molecule has 0 atom stereocenters. The number of likely N-dealkylation sites (tertiary alicyclic amines) is 1. The molecular weight excluding hydrogens is 339 g/mol. The molecule has 136 valence electrons. The summed E-state index contributed by atoms with van der Waals surface area (Å²) in [5, 5.41) is 3.00. The van der Waals surface area contributed by atoms with Gasteiger partial charge in [0.1, 0.15) is 0 Å². The second-order valence-corrected chi connectivity index (χ2v) is 5.95. The first-order valence-electron chi connectivity index (χ1n) is 8.13. The molecule has 0 unspecified atom stereocenters. The lowest BCUT2D eigenvalue weighted by atomic mass is 10.1. The predicted molar refractivity (Wildman–Crippen MR) is 96.5 cm³/mol. The van der Waals surface area contributed by atoms with E-state index in [1.807, 2.05) is 16.8 Å². The third-order valence-electron chi connectivity index (χ3n) is 4.38. The van der Waals surface area contributed by atoms with Crippen molar-refractivity contribution in [3.8, 4) is 0 Å². The van der Waals surface area contributed by atoms with Crippen molar-refractivity contribution in [2.45, 2.75) is 25.7 Å². The lowest BCUT2D eigenvalue weighted by molar-refractivity contribution is -0.135. The minimum atomic E-state index is 0. The molecule has 0 bridgehead atoms. The molecule has 0 aromatic carbocycles. The van der Waals surface area contributed by atoms with Crippen molar-refractivity contribution in [2.24, 2.45) is 0 Å². The number of hydrogen-bond acceptors (Lipinski definition) is 4. The van der Waals surface area contributed by atoms with E-state index in [9.17, 15) is 9.59 Å². The number of piperidine rings is 1. The quantitative estimate of drug-likeness (QED) is 0.771. The van der Waals surface area contributed by atoms with Gasteiger partial charge in [-0.15, -0.1) is 24.8 Å². The van der Waals surface area contributed by atoms with Crippen molar-refractivity contribution in [1.82, 2.24) is 20.0 Å². The Morgan fingerprint density at radius 3 is 1.96 bits per heavy atom. The third-order valence-corrected chi connectivity index (χ3v) is 4.38. The van der Waals surface area contributed by atoms with Crippen LogP contribution in [0.2, 0.25) is 0 Å². The molecule has 0 aliphatic carbocycles. The van der Waals surface area contributed by atoms with Crippen LogP contribution in [0.4, 0.5) is 0 Å². The smallest absolute Gasteiger partial charge is 0.236 e. The van der Waals surface area contributed by atoms with Crippen LogP contribution in [0, 0.1) is 0 Å². The number of amides is 2. The summed E-state index contributed by atoms with van der Waals surface area (Å²) in [4.78, 5) is 30.2. The van der Waals surface area contributed by atoms with Gasteiger partial charge in [-0.05, 0) is 26.3 Å². The van der Waals surface area contributed by atoms with E-state index in [1.165, 1.54) is 6.42 Å². The Labute approximate surface area is 151 Å². The van der Waals surface area contributed by atoms with Crippen LogP contribution in [0.3, 0.4) is 0 Å². The summed E-state index contributed by atoms with van der Waals surface area (Å²) in [6.07, 6.45) is 4.08. The molecule has 23 heavy (non-hydrogen) atoms. The van der Waals surface area contributed by atoms with Gasteiger partial charge in [-0.25, -0.2) is 0 Å². The number of halogens is 2. The van der Waals surface area contributed by atoms with Gasteiger partial charge in [-0.2, -0.15) is 0 Å². The maximum atomic E-state index is 12.2. The fourth-order valence-electron chi connectivity index (χ4n) is 2.98. The molecule has 0 spiro atoms. The number of hydrogen-bond donors (Lipinski definition) is 1. The Kier molecular flexibility index (Phi) is 11.6. The number of rotatable bonds is 5. The largest absolute Gasteiger partial charge is 0.342 e. The van der Waals surface area contributed by atoms with Crippen LogP contribution in [-0.4, -0.2) is 85.9 Å². The molecule has 8 heteroatoms. The van der Waals surface area contributed by atoms with Gasteiger partial charge in [0.2, 0.25) is 11.8 Å². The Balaban J connectivity index is 0.00000242. The summed E-state index contributed by atoms with van der Waals surface area (Å²) < 4.78 is 0. The predicted octanol–water partition coefficient (Wildman–Crippen LogP) is 0.596. The van der Waals surface area contributed by atoms with Gasteiger partial charge in [-0.1, -0.05) is 0 Å². The Bertz CT molecular complexity index is 357. The molecule has 2 saturated heterocycles. The number of piperazine rings is 1. The van der Waals surface area contributed by atoms with Crippen LogP contribution in [0.5, 0.6) is 0 Å². The van der Waals surface area contributed by atoms with Gasteiger partial charge in [0, 0.05) is 52.2 Å². The summed E-state index contributed by atoms with van der Waals surface area (Å²) in [5.74, 6) is 0.469. The van der Waals surface area contributed by atoms with Crippen molar-refractivity contribution in [3.05, 3.63) is 0 Å². The molecule has 2 heterocycles. The van der Waals surface area contributed by atoms with E-state index in [0.29, 0.717) is 13.0 Å². The van der Waals surface area contributed by atoms with Gasteiger partial charge in [-0.3, -0.25) is 14.5 Å². The van der Waals surface area contributed by atoms with Gasteiger partial charge >= 0.3 is 0 Å². The molecule has 2 fully saturated rings. The average Bonchev–Trinajstić information content (AvgIpc) is 2.54. The van der Waals surface area contributed by atoms with Gasteiger partial charge in [0.25, 0.3) is 0 Å². The van der Waals surface area contributed by atoms with Crippen molar-refractivity contribution in [2.75, 3.05) is 59.4 Å². The van der Waals surface area contributed by atoms with Crippen LogP contribution in [-0.2, 0) is 9.59 Å². The molecule has 6 nitrogen and oxygen atoms in total. The van der Waals surface area contributed by atoms with Crippen LogP contribution < -0.4 is 5.32 Å². The minimum absolute atomic E-state index is 0. The second-order valence-electron chi connectivity index (χ2n) is 5.95. The highest BCUT2D eigenvalue weighted by molar-refractivity contribution is 5.85. The fourth-order valence-corrected chi connectivity index (χ4v) is 2.98. The molecule has 1 N–H and O–H groups in total. The summed E-state index contributed by atoms with van der Waals surface area (Å²) in [5.41, 5.74) is 0. The van der Waals surface area contributed by atoms with E-state index in [-0.39, 0.29) is 36.6 Å². The zero-order valence-corrected chi connectivity index (χ0v) is 15.6. The summed E-state index contributed by atoms with van der Waals surface area (Å²) in [7, 11) is 1.86. The molecule has 2 amide bonds. The molecule has 0 saturated carbocycles. The lowest BCUT2D eigenvalue weighted by Gasteiger charge is -2.36. The Hall–Kier alpha value is -0.560. The van der Waals surface area contributed by atoms with E-state index in [4.69, 9.17) is 0 Å². The molecule has 0 aromatic rings. The molecule has 2 rings (SSSR count).